The second-order valence-electron chi connectivity index (χ2n) is 7.36. The maximum atomic E-state index is 14.7. The minimum atomic E-state index is -4.97. The monoisotopic (exact) mass is 450 g/mol. The van der Waals surface area contributed by atoms with Gasteiger partial charge < -0.3 is 5.11 Å². The molecule has 32 heavy (non-hydrogen) atoms. The number of carboxylic acid groups (broad SMARTS) is 1. The topological polar surface area (TPSA) is 72.2 Å². The van der Waals surface area contributed by atoms with Gasteiger partial charge in [-0.25, -0.2) is 13.6 Å². The summed E-state index contributed by atoms with van der Waals surface area (Å²) < 4.78 is 70.0. The van der Waals surface area contributed by atoms with Gasteiger partial charge in [0.1, 0.15) is 11.6 Å². The lowest BCUT2D eigenvalue weighted by Gasteiger charge is -2.16. The second-order valence-corrected chi connectivity index (χ2v) is 7.36. The predicted octanol–water partition coefficient (Wildman–Crippen LogP) is 5.11. The molecule has 1 heterocycles. The highest BCUT2D eigenvalue weighted by molar-refractivity contribution is 5.98. The zero-order valence-electron chi connectivity index (χ0n) is 16.3. The molecule has 0 aliphatic heterocycles. The molecule has 0 amide bonds. The van der Waals surface area contributed by atoms with Crippen LogP contribution in [0.5, 0.6) is 0 Å². The summed E-state index contributed by atoms with van der Waals surface area (Å²) in [5.74, 6) is -4.89. The Morgan fingerprint density at radius 1 is 1.00 bits per heavy atom. The second kappa shape index (κ2) is 7.85. The SMILES string of the molecule is O=C(O)c1ccc(-c2nn(C(=O)c3c(F)cccc3C(F)(F)F)c3c2CCCC3)c(F)c1. The summed E-state index contributed by atoms with van der Waals surface area (Å²) in [6.45, 7) is 0. The van der Waals surface area contributed by atoms with Crippen LogP contribution in [0.1, 0.15) is 50.4 Å². The Kier molecular flexibility index (Phi) is 5.31. The number of carbonyl (C=O) groups is 2. The van der Waals surface area contributed by atoms with Crippen LogP contribution in [0.25, 0.3) is 11.3 Å². The molecule has 4 rings (SSSR count). The van der Waals surface area contributed by atoms with Crippen molar-refractivity contribution in [2.24, 2.45) is 0 Å². The quantitative estimate of drug-likeness (QED) is 0.563. The summed E-state index contributed by atoms with van der Waals surface area (Å²) in [4.78, 5) is 24.1. The van der Waals surface area contributed by atoms with Gasteiger partial charge in [-0.15, -0.1) is 0 Å². The summed E-state index contributed by atoms with van der Waals surface area (Å²) in [6.07, 6.45) is -2.99. The summed E-state index contributed by atoms with van der Waals surface area (Å²) in [5.41, 5.74) is -2.20. The maximum absolute atomic E-state index is 14.7. The van der Waals surface area contributed by atoms with Gasteiger partial charge in [0, 0.05) is 11.1 Å². The van der Waals surface area contributed by atoms with Gasteiger partial charge in [-0.2, -0.15) is 23.0 Å². The van der Waals surface area contributed by atoms with E-state index in [2.05, 4.69) is 5.10 Å². The van der Waals surface area contributed by atoms with Crippen LogP contribution in [0.3, 0.4) is 0 Å². The highest BCUT2D eigenvalue weighted by Crippen LogP contribution is 2.36. The fraction of sp³-hybridized carbons (Fsp3) is 0.227. The number of carboxylic acids is 1. The molecule has 0 spiro atoms. The first kappa shape index (κ1) is 21.7. The lowest BCUT2D eigenvalue weighted by molar-refractivity contribution is -0.138. The average Bonchev–Trinajstić information content (AvgIpc) is 3.12. The summed E-state index contributed by atoms with van der Waals surface area (Å²) in [5, 5.41) is 13.1. The fourth-order valence-electron chi connectivity index (χ4n) is 3.91. The number of rotatable bonds is 3. The van der Waals surface area contributed by atoms with Crippen LogP contribution in [0.4, 0.5) is 22.0 Å². The standard InChI is InChI=1S/C22H15F5N2O3/c23-15-6-3-5-14(22(25,26)27)18(15)20(30)29-17-7-2-1-4-13(17)19(28-29)12-9-8-11(21(31)32)10-16(12)24/h3,5-6,8-10H,1-2,4,7H2,(H,31,32). The Morgan fingerprint density at radius 2 is 1.72 bits per heavy atom. The van der Waals surface area contributed by atoms with Crippen LogP contribution in [-0.4, -0.2) is 26.8 Å². The van der Waals surface area contributed by atoms with Crippen molar-refractivity contribution >= 4 is 11.9 Å². The minimum absolute atomic E-state index is 0.0207. The third-order valence-corrected chi connectivity index (χ3v) is 5.38. The molecule has 0 saturated heterocycles. The van der Waals surface area contributed by atoms with Crippen molar-refractivity contribution in [3.05, 3.63) is 76.0 Å². The van der Waals surface area contributed by atoms with Gasteiger partial charge in [0.15, 0.2) is 0 Å². The van der Waals surface area contributed by atoms with E-state index in [1.807, 2.05) is 0 Å². The molecule has 2 aromatic carbocycles. The normalized spacial score (nSPS) is 13.7. The Bertz CT molecular complexity index is 1250. The number of benzene rings is 2. The number of hydrogen-bond donors (Lipinski definition) is 1. The van der Waals surface area contributed by atoms with Gasteiger partial charge in [-0.05, 0) is 56.0 Å². The van der Waals surface area contributed by atoms with E-state index >= 15 is 0 Å². The number of hydrogen-bond acceptors (Lipinski definition) is 3. The number of halogens is 5. The molecule has 0 saturated carbocycles. The minimum Gasteiger partial charge on any atom is -0.478 e. The van der Waals surface area contributed by atoms with Crippen LogP contribution in [0.15, 0.2) is 36.4 Å². The van der Waals surface area contributed by atoms with Crippen LogP contribution < -0.4 is 0 Å². The van der Waals surface area contributed by atoms with Crippen molar-refractivity contribution in [3.8, 4) is 11.3 Å². The van der Waals surface area contributed by atoms with Gasteiger partial charge in [0.2, 0.25) is 0 Å². The van der Waals surface area contributed by atoms with Crippen LogP contribution in [0, 0.1) is 11.6 Å². The fourth-order valence-corrected chi connectivity index (χ4v) is 3.91. The van der Waals surface area contributed by atoms with E-state index in [1.165, 1.54) is 6.07 Å². The lowest BCUT2D eigenvalue weighted by atomic mass is 9.93. The average molecular weight is 450 g/mol. The highest BCUT2D eigenvalue weighted by atomic mass is 19.4. The molecule has 1 aliphatic carbocycles. The molecule has 166 valence electrons. The molecule has 0 unspecified atom stereocenters. The first-order valence-corrected chi connectivity index (χ1v) is 9.64. The summed E-state index contributed by atoms with van der Waals surface area (Å²) >= 11 is 0. The molecule has 10 heteroatoms. The molecule has 3 aromatic rings. The molecule has 1 aromatic heterocycles. The molecule has 0 bridgehead atoms. The van der Waals surface area contributed by atoms with E-state index in [9.17, 15) is 31.5 Å². The van der Waals surface area contributed by atoms with Crippen LogP contribution in [-0.2, 0) is 19.0 Å². The summed E-state index contributed by atoms with van der Waals surface area (Å²) in [6, 6.07) is 5.37. The molecule has 5 nitrogen and oxygen atoms in total. The molecule has 0 radical (unpaired) electrons. The molecular formula is C22H15F5N2O3. The van der Waals surface area contributed by atoms with E-state index < -0.39 is 40.8 Å². The largest absolute Gasteiger partial charge is 0.478 e. The van der Waals surface area contributed by atoms with Crippen LogP contribution in [0.2, 0.25) is 0 Å². The van der Waals surface area contributed by atoms with Crippen molar-refractivity contribution in [3.63, 3.8) is 0 Å². The number of alkyl halides is 3. The number of carbonyl (C=O) groups excluding carboxylic acids is 1. The lowest BCUT2D eigenvalue weighted by Crippen LogP contribution is -2.23. The van der Waals surface area contributed by atoms with Crippen molar-refractivity contribution < 1.29 is 36.6 Å². The van der Waals surface area contributed by atoms with Gasteiger partial charge >= 0.3 is 12.1 Å². The Balaban J connectivity index is 1.90. The van der Waals surface area contributed by atoms with Crippen molar-refractivity contribution in [1.82, 2.24) is 9.78 Å². The van der Waals surface area contributed by atoms with Gasteiger partial charge in [0.05, 0.1) is 28.1 Å². The molecule has 1 aliphatic rings. The zero-order valence-corrected chi connectivity index (χ0v) is 16.3. The van der Waals surface area contributed by atoms with E-state index in [-0.39, 0.29) is 22.5 Å². The van der Waals surface area contributed by atoms with Crippen molar-refractivity contribution in [2.75, 3.05) is 0 Å². The molecular weight excluding hydrogens is 435 g/mol. The van der Waals surface area contributed by atoms with E-state index in [1.54, 1.807) is 0 Å². The first-order chi connectivity index (χ1) is 15.1. The Morgan fingerprint density at radius 3 is 2.38 bits per heavy atom. The number of aromatic carboxylic acids is 1. The predicted molar refractivity (Wildman–Crippen MR) is 102 cm³/mol. The number of nitrogens with zero attached hydrogens (tertiary/aromatic N) is 2. The van der Waals surface area contributed by atoms with Gasteiger partial charge in [-0.3, -0.25) is 4.79 Å². The zero-order chi connectivity index (χ0) is 23.2. The van der Waals surface area contributed by atoms with Gasteiger partial charge in [0.25, 0.3) is 5.91 Å². The van der Waals surface area contributed by atoms with Gasteiger partial charge in [-0.1, -0.05) is 6.07 Å². The Labute approximate surface area is 178 Å². The van der Waals surface area contributed by atoms with Crippen molar-refractivity contribution in [1.29, 1.82) is 0 Å². The third-order valence-electron chi connectivity index (χ3n) is 5.38. The van der Waals surface area contributed by atoms with E-state index in [4.69, 9.17) is 5.11 Å². The third kappa shape index (κ3) is 3.65. The van der Waals surface area contributed by atoms with Crippen molar-refractivity contribution in [2.45, 2.75) is 31.9 Å². The smallest absolute Gasteiger partial charge is 0.417 e. The maximum Gasteiger partial charge on any atom is 0.417 e. The molecule has 1 N–H and O–H groups in total. The highest BCUT2D eigenvalue weighted by Gasteiger charge is 2.38. The number of fused-ring (bicyclic) bond motifs is 1. The summed E-state index contributed by atoms with van der Waals surface area (Å²) in [7, 11) is 0. The van der Waals surface area contributed by atoms with E-state index in [0.717, 1.165) is 24.3 Å². The first-order valence-electron chi connectivity index (χ1n) is 9.64. The Hall–Kier alpha value is -3.56. The molecule has 0 fully saturated rings. The number of aromatic nitrogens is 2. The van der Waals surface area contributed by atoms with E-state index in [0.29, 0.717) is 42.0 Å². The molecule has 0 atom stereocenters. The van der Waals surface area contributed by atoms with Crippen LogP contribution >= 0.6 is 0 Å².